The van der Waals surface area contributed by atoms with Gasteiger partial charge in [-0.3, -0.25) is 4.98 Å². The third-order valence-corrected chi connectivity index (χ3v) is 3.77. The van der Waals surface area contributed by atoms with E-state index in [2.05, 4.69) is 22.7 Å². The van der Waals surface area contributed by atoms with Crippen LogP contribution in [0, 0.1) is 0 Å². The number of halogens is 2. The highest BCUT2D eigenvalue weighted by atomic mass is 19.3. The van der Waals surface area contributed by atoms with Gasteiger partial charge in [0.25, 0.3) is 0 Å². The number of aromatic nitrogens is 1. The van der Waals surface area contributed by atoms with Crippen LogP contribution in [0.3, 0.4) is 0 Å². The Morgan fingerprint density at radius 2 is 1.70 bits per heavy atom. The maximum atomic E-state index is 12.1. The van der Waals surface area contributed by atoms with Crippen LogP contribution in [0.2, 0.25) is 0 Å². The average Bonchev–Trinajstić information content (AvgIpc) is 2.55. The lowest BCUT2D eigenvalue weighted by Gasteiger charge is -2.06. The predicted octanol–water partition coefficient (Wildman–Crippen LogP) is 5.86. The van der Waals surface area contributed by atoms with Gasteiger partial charge in [-0.15, -0.1) is 0 Å². The van der Waals surface area contributed by atoms with E-state index in [9.17, 15) is 8.78 Å². The first-order valence-corrected chi connectivity index (χ1v) is 8.19. The molecule has 0 amide bonds. The van der Waals surface area contributed by atoms with Gasteiger partial charge in [0.2, 0.25) is 0 Å². The second-order valence-electron chi connectivity index (χ2n) is 5.62. The van der Waals surface area contributed by atoms with E-state index in [1.165, 1.54) is 49.8 Å². The van der Waals surface area contributed by atoms with Gasteiger partial charge in [-0.2, -0.15) is 8.78 Å². The fourth-order valence-electron chi connectivity index (χ4n) is 2.48. The minimum absolute atomic E-state index is 0.160. The molecule has 0 radical (unpaired) electrons. The highest BCUT2D eigenvalue weighted by Crippen LogP contribution is 2.22. The van der Waals surface area contributed by atoms with Crippen molar-refractivity contribution in [1.82, 2.24) is 4.98 Å². The van der Waals surface area contributed by atoms with Gasteiger partial charge in [-0.25, -0.2) is 0 Å². The summed E-state index contributed by atoms with van der Waals surface area (Å²) in [6, 6.07) is 10.6. The molecule has 2 nitrogen and oxygen atoms in total. The molecule has 2 rings (SSSR count). The molecule has 0 bridgehead atoms. The Kier molecular flexibility index (Phi) is 6.98. The monoisotopic (exact) mass is 319 g/mol. The zero-order chi connectivity index (χ0) is 16.5. The van der Waals surface area contributed by atoms with Gasteiger partial charge in [0.05, 0.1) is 5.69 Å². The van der Waals surface area contributed by atoms with Gasteiger partial charge in [0, 0.05) is 11.8 Å². The second kappa shape index (κ2) is 9.23. The van der Waals surface area contributed by atoms with E-state index in [1.807, 2.05) is 12.3 Å². The Hall–Kier alpha value is -1.97. The van der Waals surface area contributed by atoms with Crippen molar-refractivity contribution in [2.24, 2.45) is 0 Å². The van der Waals surface area contributed by atoms with E-state index in [0.717, 1.165) is 17.7 Å². The fourth-order valence-corrected chi connectivity index (χ4v) is 2.48. The maximum absolute atomic E-state index is 12.1. The van der Waals surface area contributed by atoms with Crippen molar-refractivity contribution in [2.75, 3.05) is 0 Å². The Morgan fingerprint density at radius 1 is 0.957 bits per heavy atom. The number of benzene rings is 1. The van der Waals surface area contributed by atoms with Crippen molar-refractivity contribution >= 4 is 0 Å². The van der Waals surface area contributed by atoms with Crippen LogP contribution in [0.1, 0.15) is 44.6 Å². The lowest BCUT2D eigenvalue weighted by molar-refractivity contribution is -0.0498. The molecule has 1 heterocycles. The molecule has 0 spiro atoms. The molecule has 23 heavy (non-hydrogen) atoms. The third kappa shape index (κ3) is 5.97. The van der Waals surface area contributed by atoms with Gasteiger partial charge in [-0.1, -0.05) is 38.7 Å². The van der Waals surface area contributed by atoms with E-state index in [4.69, 9.17) is 0 Å². The zero-order valence-corrected chi connectivity index (χ0v) is 13.5. The Bertz CT molecular complexity index is 567. The van der Waals surface area contributed by atoms with Crippen LogP contribution in [0.4, 0.5) is 8.78 Å². The molecule has 124 valence electrons. The highest BCUT2D eigenvalue weighted by molar-refractivity contribution is 5.60. The number of hydrogen-bond donors (Lipinski definition) is 0. The smallest absolute Gasteiger partial charge is 0.387 e. The zero-order valence-electron chi connectivity index (χ0n) is 13.5. The number of nitrogens with zero attached hydrogens (tertiary/aromatic N) is 1. The lowest BCUT2D eigenvalue weighted by Crippen LogP contribution is -2.01. The van der Waals surface area contributed by atoms with Gasteiger partial charge >= 0.3 is 6.61 Å². The molecular weight excluding hydrogens is 296 g/mol. The summed E-state index contributed by atoms with van der Waals surface area (Å²) in [7, 11) is 0. The normalized spacial score (nSPS) is 11.0. The first-order valence-electron chi connectivity index (χ1n) is 8.19. The summed E-state index contributed by atoms with van der Waals surface area (Å²) >= 11 is 0. The van der Waals surface area contributed by atoms with E-state index < -0.39 is 6.61 Å². The summed E-state index contributed by atoms with van der Waals surface area (Å²) in [4.78, 5) is 4.47. The van der Waals surface area contributed by atoms with E-state index in [0.29, 0.717) is 0 Å². The van der Waals surface area contributed by atoms with Crippen molar-refractivity contribution in [3.05, 3.63) is 48.2 Å². The third-order valence-electron chi connectivity index (χ3n) is 3.77. The van der Waals surface area contributed by atoms with Crippen LogP contribution in [-0.4, -0.2) is 11.6 Å². The second-order valence-corrected chi connectivity index (χ2v) is 5.62. The molecule has 0 N–H and O–H groups in total. The van der Waals surface area contributed by atoms with Crippen molar-refractivity contribution < 1.29 is 13.5 Å². The maximum Gasteiger partial charge on any atom is 0.387 e. The molecule has 0 aliphatic rings. The molecule has 0 aliphatic heterocycles. The summed E-state index contributed by atoms with van der Waals surface area (Å²) < 4.78 is 28.6. The van der Waals surface area contributed by atoms with Gasteiger partial charge in [0.15, 0.2) is 0 Å². The standard InChI is InChI=1S/C19H23F2NO/c1-2-3-4-5-6-7-15-8-13-18(22-14-15)16-9-11-17(12-10-16)23-19(20)21/h8-14,19H,2-7H2,1H3. The van der Waals surface area contributed by atoms with Crippen LogP contribution < -0.4 is 4.74 Å². The number of ether oxygens (including phenoxy) is 1. The molecule has 2 aromatic rings. The molecule has 0 saturated carbocycles. The summed E-state index contributed by atoms with van der Waals surface area (Å²) in [5.74, 6) is 0.160. The molecule has 0 saturated heterocycles. The molecule has 0 atom stereocenters. The molecule has 4 heteroatoms. The van der Waals surface area contributed by atoms with E-state index in [-0.39, 0.29) is 5.75 Å². The Balaban J connectivity index is 1.88. The molecular formula is C19H23F2NO. The summed E-state index contributed by atoms with van der Waals surface area (Å²) in [6.07, 6.45) is 9.29. The van der Waals surface area contributed by atoms with E-state index in [1.54, 1.807) is 12.1 Å². The molecule has 0 fully saturated rings. The van der Waals surface area contributed by atoms with E-state index >= 15 is 0 Å². The van der Waals surface area contributed by atoms with Crippen molar-refractivity contribution in [3.63, 3.8) is 0 Å². The largest absolute Gasteiger partial charge is 0.435 e. The first kappa shape index (κ1) is 17.4. The molecule has 1 aromatic heterocycles. The van der Waals surface area contributed by atoms with Crippen molar-refractivity contribution in [3.8, 4) is 17.0 Å². The average molecular weight is 319 g/mol. The predicted molar refractivity (Wildman–Crippen MR) is 88.8 cm³/mol. The number of alkyl halides is 2. The first-order chi connectivity index (χ1) is 11.2. The van der Waals surface area contributed by atoms with Crippen molar-refractivity contribution in [2.45, 2.75) is 52.1 Å². The number of unbranched alkanes of at least 4 members (excludes halogenated alkanes) is 4. The van der Waals surface area contributed by atoms with Crippen LogP contribution in [0.5, 0.6) is 5.75 Å². The highest BCUT2D eigenvalue weighted by Gasteiger charge is 2.05. The number of hydrogen-bond acceptors (Lipinski definition) is 2. The van der Waals surface area contributed by atoms with Gasteiger partial charge in [-0.05, 0) is 48.7 Å². The number of rotatable bonds is 9. The quantitative estimate of drug-likeness (QED) is 0.540. The van der Waals surface area contributed by atoms with Crippen LogP contribution in [0.15, 0.2) is 42.6 Å². The number of aryl methyl sites for hydroxylation is 1. The minimum atomic E-state index is -2.80. The van der Waals surface area contributed by atoms with Gasteiger partial charge < -0.3 is 4.74 Å². The Morgan fingerprint density at radius 3 is 2.30 bits per heavy atom. The SMILES string of the molecule is CCCCCCCc1ccc(-c2ccc(OC(F)F)cc2)nc1. The molecule has 1 aromatic carbocycles. The summed E-state index contributed by atoms with van der Waals surface area (Å²) in [5.41, 5.74) is 2.97. The lowest BCUT2D eigenvalue weighted by atomic mass is 10.1. The van der Waals surface area contributed by atoms with Crippen LogP contribution in [-0.2, 0) is 6.42 Å². The minimum Gasteiger partial charge on any atom is -0.435 e. The topological polar surface area (TPSA) is 22.1 Å². The van der Waals surface area contributed by atoms with Crippen LogP contribution >= 0.6 is 0 Å². The summed E-state index contributed by atoms with van der Waals surface area (Å²) in [5, 5.41) is 0. The van der Waals surface area contributed by atoms with Crippen LogP contribution in [0.25, 0.3) is 11.3 Å². The number of pyridine rings is 1. The Labute approximate surface area is 136 Å². The molecule has 0 unspecified atom stereocenters. The van der Waals surface area contributed by atoms with Crippen molar-refractivity contribution in [1.29, 1.82) is 0 Å². The molecule has 0 aliphatic carbocycles. The summed E-state index contributed by atoms with van der Waals surface area (Å²) in [6.45, 7) is -0.579. The fraction of sp³-hybridized carbons (Fsp3) is 0.421. The van der Waals surface area contributed by atoms with Gasteiger partial charge in [0.1, 0.15) is 5.75 Å².